The minimum absolute atomic E-state index is 0.221. The van der Waals surface area contributed by atoms with E-state index in [0.29, 0.717) is 28.0 Å². The van der Waals surface area contributed by atoms with Crippen LogP contribution in [0.15, 0.2) is 47.6 Å². The van der Waals surface area contributed by atoms with Gasteiger partial charge in [0, 0.05) is 22.3 Å². The van der Waals surface area contributed by atoms with Crippen molar-refractivity contribution in [2.45, 2.75) is 30.3 Å². The molecule has 0 aliphatic carbocycles. The third-order valence-electron chi connectivity index (χ3n) is 4.24. The molecule has 6 nitrogen and oxygen atoms in total. The Hall–Kier alpha value is -1.96. The molecule has 1 aliphatic rings. The van der Waals surface area contributed by atoms with Crippen LogP contribution in [-0.2, 0) is 16.6 Å². The van der Waals surface area contributed by atoms with E-state index in [1.54, 1.807) is 28.9 Å². The van der Waals surface area contributed by atoms with Crippen molar-refractivity contribution >= 4 is 32.4 Å². The Kier molecular flexibility index (Phi) is 3.79. The van der Waals surface area contributed by atoms with Gasteiger partial charge >= 0.3 is 0 Å². The fraction of sp³-hybridized carbons (Fsp3) is 0.250. The second-order valence-corrected chi connectivity index (χ2v) is 7.84. The number of fused-ring (bicyclic) bond motifs is 2. The molecule has 0 bridgehead atoms. The highest BCUT2D eigenvalue weighted by atomic mass is 35.5. The molecule has 1 unspecified atom stereocenters. The number of benzene rings is 2. The van der Waals surface area contributed by atoms with Crippen molar-refractivity contribution in [3.05, 3.63) is 53.6 Å². The molecule has 0 fully saturated rings. The molecule has 0 radical (unpaired) electrons. The molecule has 124 valence electrons. The molecular formula is C16H15ClN4O2S. The fourth-order valence-corrected chi connectivity index (χ4v) is 4.79. The van der Waals surface area contributed by atoms with E-state index >= 15 is 0 Å². The van der Waals surface area contributed by atoms with Gasteiger partial charge in [0.05, 0.1) is 10.9 Å². The van der Waals surface area contributed by atoms with E-state index < -0.39 is 10.0 Å². The summed E-state index contributed by atoms with van der Waals surface area (Å²) in [6, 6.07) is 9.99. The van der Waals surface area contributed by atoms with Gasteiger partial charge in [0.2, 0.25) is 10.0 Å². The average Bonchev–Trinajstić information content (AvgIpc) is 3.05. The molecule has 2 aromatic carbocycles. The monoisotopic (exact) mass is 362 g/mol. The van der Waals surface area contributed by atoms with E-state index in [4.69, 9.17) is 11.6 Å². The van der Waals surface area contributed by atoms with Crippen molar-refractivity contribution < 1.29 is 8.42 Å². The van der Waals surface area contributed by atoms with Gasteiger partial charge in [0.1, 0.15) is 12.2 Å². The Morgan fingerprint density at radius 2 is 1.96 bits per heavy atom. The number of rotatable bonds is 3. The topological polar surface area (TPSA) is 76.9 Å². The molecule has 1 atom stereocenters. The van der Waals surface area contributed by atoms with Gasteiger partial charge in [-0.2, -0.15) is 5.10 Å². The molecule has 1 aliphatic heterocycles. The van der Waals surface area contributed by atoms with E-state index in [2.05, 4.69) is 14.8 Å². The van der Waals surface area contributed by atoms with Crippen molar-refractivity contribution in [3.63, 3.8) is 0 Å². The summed E-state index contributed by atoms with van der Waals surface area (Å²) < 4.78 is 30.4. The predicted octanol–water partition coefficient (Wildman–Crippen LogP) is 2.90. The first-order valence-corrected chi connectivity index (χ1v) is 9.50. The quantitative estimate of drug-likeness (QED) is 0.777. The molecule has 0 spiro atoms. The number of aromatic nitrogens is 3. The molecule has 0 amide bonds. The third kappa shape index (κ3) is 2.58. The first kappa shape index (κ1) is 15.6. The molecule has 1 aromatic heterocycles. The van der Waals surface area contributed by atoms with Crippen LogP contribution < -0.4 is 4.72 Å². The van der Waals surface area contributed by atoms with Crippen LogP contribution in [0.3, 0.4) is 0 Å². The summed E-state index contributed by atoms with van der Waals surface area (Å²) in [7, 11) is -3.71. The third-order valence-corrected chi connectivity index (χ3v) is 6.10. The van der Waals surface area contributed by atoms with Crippen LogP contribution in [0.4, 0.5) is 0 Å². The number of nitrogens with one attached hydrogen (secondary N) is 1. The van der Waals surface area contributed by atoms with Gasteiger partial charge in [0.15, 0.2) is 0 Å². The maximum absolute atomic E-state index is 12.9. The lowest BCUT2D eigenvalue weighted by molar-refractivity contribution is 0.400. The molecule has 8 heteroatoms. The Morgan fingerprint density at radius 3 is 2.79 bits per heavy atom. The van der Waals surface area contributed by atoms with Crippen molar-refractivity contribution in [3.8, 4) is 0 Å². The maximum atomic E-state index is 12.9. The van der Waals surface area contributed by atoms with Crippen molar-refractivity contribution in [2.24, 2.45) is 0 Å². The maximum Gasteiger partial charge on any atom is 0.241 e. The summed E-state index contributed by atoms with van der Waals surface area (Å²) in [5, 5.41) is 5.98. The number of halogens is 1. The Morgan fingerprint density at radius 1 is 1.17 bits per heavy atom. The minimum Gasteiger partial charge on any atom is -0.248 e. The molecule has 24 heavy (non-hydrogen) atoms. The Labute approximate surface area is 144 Å². The van der Waals surface area contributed by atoms with Gasteiger partial charge < -0.3 is 0 Å². The van der Waals surface area contributed by atoms with Gasteiger partial charge in [-0.3, -0.25) is 0 Å². The number of hydrogen-bond acceptors (Lipinski definition) is 4. The van der Waals surface area contributed by atoms with Gasteiger partial charge in [0.25, 0.3) is 0 Å². The van der Waals surface area contributed by atoms with Gasteiger partial charge in [-0.05, 0) is 25.0 Å². The molecule has 0 saturated carbocycles. The standard InChI is InChI=1S/C16H15ClN4O2S/c17-13-7-8-15(12-5-2-1-4-11(12)13)24(22,23)20-14-6-3-9-21-16(14)18-10-19-21/h1-2,4-5,7-8,10,14,20H,3,6,9H2. The largest absolute Gasteiger partial charge is 0.248 e. The lowest BCUT2D eigenvalue weighted by atomic mass is 10.1. The van der Waals surface area contributed by atoms with Crippen LogP contribution in [0.5, 0.6) is 0 Å². The van der Waals surface area contributed by atoms with E-state index in [1.807, 2.05) is 12.1 Å². The highest BCUT2D eigenvalue weighted by Gasteiger charge is 2.28. The summed E-state index contributed by atoms with van der Waals surface area (Å²) in [5.41, 5.74) is 0. The second kappa shape index (κ2) is 5.84. The van der Waals surface area contributed by atoms with Crippen LogP contribution in [0, 0.1) is 0 Å². The molecular weight excluding hydrogens is 348 g/mol. The van der Waals surface area contributed by atoms with Crippen LogP contribution in [0.2, 0.25) is 5.02 Å². The summed E-state index contributed by atoms with van der Waals surface area (Å²) >= 11 is 6.19. The van der Waals surface area contributed by atoms with E-state index in [0.717, 1.165) is 13.0 Å². The minimum atomic E-state index is -3.71. The van der Waals surface area contributed by atoms with Crippen LogP contribution >= 0.6 is 11.6 Å². The Bertz CT molecular complexity index is 1020. The van der Waals surface area contributed by atoms with Crippen LogP contribution in [0.1, 0.15) is 24.7 Å². The number of sulfonamides is 1. The van der Waals surface area contributed by atoms with Crippen molar-refractivity contribution in [1.29, 1.82) is 0 Å². The van der Waals surface area contributed by atoms with Crippen molar-refractivity contribution in [1.82, 2.24) is 19.5 Å². The van der Waals surface area contributed by atoms with E-state index in [9.17, 15) is 8.42 Å². The molecule has 3 aromatic rings. The van der Waals surface area contributed by atoms with Gasteiger partial charge in [-0.15, -0.1) is 0 Å². The average molecular weight is 363 g/mol. The van der Waals surface area contributed by atoms with E-state index in [-0.39, 0.29) is 10.9 Å². The number of nitrogens with zero attached hydrogens (tertiary/aromatic N) is 3. The lowest BCUT2D eigenvalue weighted by Gasteiger charge is -2.23. The second-order valence-electron chi connectivity index (χ2n) is 5.75. The van der Waals surface area contributed by atoms with Crippen LogP contribution in [0.25, 0.3) is 10.8 Å². The first-order valence-electron chi connectivity index (χ1n) is 7.63. The lowest BCUT2D eigenvalue weighted by Crippen LogP contribution is -2.33. The zero-order chi connectivity index (χ0) is 16.7. The zero-order valence-electron chi connectivity index (χ0n) is 12.7. The molecule has 2 heterocycles. The number of aryl methyl sites for hydroxylation is 1. The van der Waals surface area contributed by atoms with Gasteiger partial charge in [-0.1, -0.05) is 35.9 Å². The SMILES string of the molecule is O=S(=O)(NC1CCCn2ncnc21)c1ccc(Cl)c2ccccc12. The molecule has 1 N–H and O–H groups in total. The first-order chi connectivity index (χ1) is 11.6. The van der Waals surface area contributed by atoms with Gasteiger partial charge in [-0.25, -0.2) is 22.8 Å². The zero-order valence-corrected chi connectivity index (χ0v) is 14.3. The van der Waals surface area contributed by atoms with Crippen molar-refractivity contribution in [2.75, 3.05) is 0 Å². The van der Waals surface area contributed by atoms with E-state index in [1.165, 1.54) is 6.33 Å². The number of hydrogen-bond donors (Lipinski definition) is 1. The highest BCUT2D eigenvalue weighted by molar-refractivity contribution is 7.89. The molecule has 4 rings (SSSR count). The normalized spacial score (nSPS) is 17.8. The summed E-state index contributed by atoms with van der Waals surface area (Å²) in [4.78, 5) is 4.42. The van der Waals surface area contributed by atoms with Crippen LogP contribution in [-0.4, -0.2) is 23.2 Å². The highest BCUT2D eigenvalue weighted by Crippen LogP contribution is 2.31. The summed E-state index contributed by atoms with van der Waals surface area (Å²) in [5.74, 6) is 0.656. The summed E-state index contributed by atoms with van der Waals surface area (Å²) in [6.45, 7) is 0.761. The molecule has 0 saturated heterocycles. The predicted molar refractivity (Wildman–Crippen MR) is 91.3 cm³/mol. The Balaban J connectivity index is 1.76. The fourth-order valence-electron chi connectivity index (χ4n) is 3.12. The smallest absolute Gasteiger partial charge is 0.241 e. The summed E-state index contributed by atoms with van der Waals surface area (Å²) in [6.07, 6.45) is 3.01.